The molecule has 0 fully saturated rings. The molecule has 6 nitrogen and oxygen atoms in total. The van der Waals surface area contributed by atoms with E-state index in [-0.39, 0.29) is 23.7 Å². The fraction of sp³-hybridized carbons (Fsp3) is 0.333. The number of benzene rings is 2. The lowest BCUT2D eigenvalue weighted by atomic mass is 10.00. The Balaban J connectivity index is 1.47. The molecule has 2 aliphatic heterocycles. The Kier molecular flexibility index (Phi) is 4.90. The molecule has 0 radical (unpaired) electrons. The zero-order valence-corrected chi connectivity index (χ0v) is 15.6. The van der Waals surface area contributed by atoms with Crippen molar-refractivity contribution >= 4 is 23.3 Å². The summed E-state index contributed by atoms with van der Waals surface area (Å²) in [5, 5.41) is 5.74. The number of urea groups is 1. The van der Waals surface area contributed by atoms with E-state index in [4.69, 9.17) is 4.74 Å². The van der Waals surface area contributed by atoms with E-state index in [0.717, 1.165) is 11.3 Å². The van der Waals surface area contributed by atoms with Crippen LogP contribution in [0.1, 0.15) is 36.9 Å². The van der Waals surface area contributed by atoms with Gasteiger partial charge in [0.2, 0.25) is 5.91 Å². The predicted molar refractivity (Wildman–Crippen MR) is 104 cm³/mol. The van der Waals surface area contributed by atoms with E-state index < -0.39 is 5.82 Å². The first-order chi connectivity index (χ1) is 13.6. The zero-order valence-electron chi connectivity index (χ0n) is 15.6. The minimum absolute atomic E-state index is 0.124. The molecule has 0 aromatic heterocycles. The summed E-state index contributed by atoms with van der Waals surface area (Å²) in [4.78, 5) is 26.3. The van der Waals surface area contributed by atoms with Gasteiger partial charge in [0.1, 0.15) is 0 Å². The molecule has 2 aromatic carbocycles. The molecule has 3 amide bonds. The SMILES string of the molecule is CCN1C(=O)CCc2cc(NC(=O)N[C@H]3CCOc4c(F)cccc43)ccc21. The Morgan fingerprint density at radius 3 is 2.96 bits per heavy atom. The molecule has 4 rings (SSSR count). The fourth-order valence-corrected chi connectivity index (χ4v) is 3.85. The van der Waals surface area contributed by atoms with E-state index in [9.17, 15) is 14.0 Å². The summed E-state index contributed by atoms with van der Waals surface area (Å²) in [6.07, 6.45) is 1.71. The molecule has 1 atom stereocenters. The van der Waals surface area contributed by atoms with Crippen LogP contribution in [-0.4, -0.2) is 25.1 Å². The first-order valence-electron chi connectivity index (χ1n) is 9.49. The van der Waals surface area contributed by atoms with Crippen LogP contribution in [0.25, 0.3) is 0 Å². The lowest BCUT2D eigenvalue weighted by Crippen LogP contribution is -2.36. The van der Waals surface area contributed by atoms with Crippen molar-refractivity contribution in [3.63, 3.8) is 0 Å². The van der Waals surface area contributed by atoms with Gasteiger partial charge in [-0.2, -0.15) is 0 Å². The van der Waals surface area contributed by atoms with Crippen molar-refractivity contribution in [3.05, 3.63) is 53.3 Å². The number of carbonyl (C=O) groups excluding carboxylic acids is 2. The molecule has 0 spiro atoms. The molecule has 0 aliphatic carbocycles. The molecule has 0 saturated carbocycles. The number of rotatable bonds is 3. The normalized spacial score (nSPS) is 18.0. The third-order valence-electron chi connectivity index (χ3n) is 5.18. The smallest absolute Gasteiger partial charge is 0.319 e. The third kappa shape index (κ3) is 3.40. The summed E-state index contributed by atoms with van der Waals surface area (Å²) < 4.78 is 19.3. The largest absolute Gasteiger partial charge is 0.490 e. The minimum atomic E-state index is -0.422. The van der Waals surface area contributed by atoms with Crippen LogP contribution in [0.3, 0.4) is 0 Å². The lowest BCUT2D eigenvalue weighted by molar-refractivity contribution is -0.118. The van der Waals surface area contributed by atoms with Crippen molar-refractivity contribution in [2.24, 2.45) is 0 Å². The van der Waals surface area contributed by atoms with Gasteiger partial charge in [-0.3, -0.25) is 4.79 Å². The van der Waals surface area contributed by atoms with Crippen molar-refractivity contribution in [2.45, 2.75) is 32.2 Å². The second-order valence-electron chi connectivity index (χ2n) is 6.93. The molecule has 2 aliphatic rings. The monoisotopic (exact) mass is 383 g/mol. The van der Waals surface area contributed by atoms with Gasteiger partial charge in [-0.25, -0.2) is 9.18 Å². The summed E-state index contributed by atoms with van der Waals surface area (Å²) in [6.45, 7) is 2.92. The van der Waals surface area contributed by atoms with Gasteiger partial charge in [-0.05, 0) is 43.2 Å². The fourth-order valence-electron chi connectivity index (χ4n) is 3.85. The number of hydrogen-bond acceptors (Lipinski definition) is 3. The van der Waals surface area contributed by atoms with E-state index >= 15 is 0 Å². The Labute approximate surface area is 162 Å². The maximum Gasteiger partial charge on any atom is 0.319 e. The van der Waals surface area contributed by atoms with E-state index in [1.54, 1.807) is 23.1 Å². The predicted octanol–water partition coefficient (Wildman–Crippen LogP) is 3.77. The Morgan fingerprint density at radius 2 is 2.14 bits per heavy atom. The van der Waals surface area contributed by atoms with Crippen LogP contribution in [-0.2, 0) is 11.2 Å². The standard InChI is InChI=1S/C21H22FN3O3/c1-2-25-18-8-7-14(12-13(18)6-9-19(25)26)23-21(27)24-17-10-11-28-20-15(17)4-3-5-16(20)22/h3-5,7-8,12,17H,2,6,9-11H2,1H3,(H2,23,24,27)/t17-/m0/s1. The average Bonchev–Trinajstić information content (AvgIpc) is 2.69. The average molecular weight is 383 g/mol. The first-order valence-corrected chi connectivity index (χ1v) is 9.49. The van der Waals surface area contributed by atoms with E-state index in [2.05, 4.69) is 10.6 Å². The topological polar surface area (TPSA) is 70.7 Å². The van der Waals surface area contributed by atoms with Crippen molar-refractivity contribution in [2.75, 3.05) is 23.4 Å². The Bertz CT molecular complexity index is 931. The molecule has 28 heavy (non-hydrogen) atoms. The van der Waals surface area contributed by atoms with Crippen molar-refractivity contribution in [1.29, 1.82) is 0 Å². The summed E-state index contributed by atoms with van der Waals surface area (Å²) >= 11 is 0. The number of nitrogens with zero attached hydrogens (tertiary/aromatic N) is 1. The molecular weight excluding hydrogens is 361 g/mol. The van der Waals surface area contributed by atoms with Crippen LogP contribution in [0.15, 0.2) is 36.4 Å². The number of hydrogen-bond donors (Lipinski definition) is 2. The highest BCUT2D eigenvalue weighted by Gasteiger charge is 2.26. The van der Waals surface area contributed by atoms with Crippen molar-refractivity contribution in [3.8, 4) is 5.75 Å². The van der Waals surface area contributed by atoms with Gasteiger partial charge in [-0.1, -0.05) is 12.1 Å². The Morgan fingerprint density at radius 1 is 1.29 bits per heavy atom. The van der Waals surface area contributed by atoms with Gasteiger partial charge < -0.3 is 20.3 Å². The first kappa shape index (κ1) is 18.3. The second-order valence-corrected chi connectivity index (χ2v) is 6.93. The van der Waals surface area contributed by atoms with Gasteiger partial charge in [0.15, 0.2) is 11.6 Å². The lowest BCUT2D eigenvalue weighted by Gasteiger charge is -2.29. The molecule has 2 heterocycles. The maximum absolute atomic E-state index is 13.9. The number of fused-ring (bicyclic) bond motifs is 2. The van der Waals surface area contributed by atoms with E-state index in [1.807, 2.05) is 19.1 Å². The second kappa shape index (κ2) is 7.50. The van der Waals surface area contributed by atoms with Crippen LogP contribution in [0.2, 0.25) is 0 Å². The summed E-state index contributed by atoms with van der Waals surface area (Å²) in [6, 6.07) is 9.60. The number of para-hydroxylation sites is 1. The quantitative estimate of drug-likeness (QED) is 0.848. The molecular formula is C21H22FN3O3. The molecule has 7 heteroatoms. The maximum atomic E-state index is 13.9. The summed E-state index contributed by atoms with van der Waals surface area (Å²) in [5.41, 5.74) is 3.24. The number of halogens is 1. The highest BCUT2D eigenvalue weighted by atomic mass is 19.1. The van der Waals surface area contributed by atoms with Crippen molar-refractivity contribution < 1.29 is 18.7 Å². The van der Waals surface area contributed by atoms with Gasteiger partial charge in [0.05, 0.1) is 12.6 Å². The third-order valence-corrected chi connectivity index (χ3v) is 5.18. The van der Waals surface area contributed by atoms with Crippen LogP contribution in [0, 0.1) is 5.82 Å². The molecule has 0 unspecified atom stereocenters. The Hall–Kier alpha value is -3.09. The van der Waals surface area contributed by atoms with Crippen molar-refractivity contribution in [1.82, 2.24) is 5.32 Å². The molecule has 146 valence electrons. The highest BCUT2D eigenvalue weighted by molar-refractivity contribution is 5.97. The number of carbonyl (C=O) groups is 2. The van der Waals surface area contributed by atoms with E-state index in [0.29, 0.717) is 43.7 Å². The van der Waals surface area contributed by atoms with Crippen LogP contribution in [0.4, 0.5) is 20.6 Å². The van der Waals surface area contributed by atoms with Crippen LogP contribution >= 0.6 is 0 Å². The number of nitrogens with one attached hydrogen (secondary N) is 2. The molecule has 0 saturated heterocycles. The highest BCUT2D eigenvalue weighted by Crippen LogP contribution is 2.34. The van der Waals surface area contributed by atoms with Gasteiger partial charge in [0, 0.05) is 36.3 Å². The molecule has 0 bridgehead atoms. The number of amides is 3. The van der Waals surface area contributed by atoms with E-state index in [1.165, 1.54) is 6.07 Å². The molecule has 2 aromatic rings. The summed E-state index contributed by atoms with van der Waals surface area (Å²) in [7, 11) is 0. The number of ether oxygens (including phenoxy) is 1. The number of anilines is 2. The van der Waals surface area contributed by atoms with Gasteiger partial charge >= 0.3 is 6.03 Å². The zero-order chi connectivity index (χ0) is 19.7. The minimum Gasteiger partial charge on any atom is -0.490 e. The van der Waals surface area contributed by atoms with Gasteiger partial charge in [-0.15, -0.1) is 0 Å². The number of aryl methyl sites for hydroxylation is 1. The van der Waals surface area contributed by atoms with Gasteiger partial charge in [0.25, 0.3) is 0 Å². The summed E-state index contributed by atoms with van der Waals surface area (Å²) in [5.74, 6) is -0.0925. The molecule has 2 N–H and O–H groups in total. The van der Waals surface area contributed by atoms with Crippen LogP contribution in [0.5, 0.6) is 5.75 Å². The van der Waals surface area contributed by atoms with Crippen LogP contribution < -0.4 is 20.3 Å².